The van der Waals surface area contributed by atoms with Crippen LogP contribution < -0.4 is 14.8 Å². The molecule has 21 heavy (non-hydrogen) atoms. The Hall–Kier alpha value is -2.24. The van der Waals surface area contributed by atoms with Gasteiger partial charge in [-0.2, -0.15) is 0 Å². The fourth-order valence-corrected chi connectivity index (χ4v) is 2.46. The van der Waals surface area contributed by atoms with E-state index in [0.717, 1.165) is 5.56 Å². The number of hydrogen-bond acceptors (Lipinski definition) is 5. The molecule has 1 heterocycles. The minimum atomic E-state index is -0.672. The maximum absolute atomic E-state index is 12.0. The summed E-state index contributed by atoms with van der Waals surface area (Å²) >= 11 is 0. The molecule has 1 amide bonds. The van der Waals surface area contributed by atoms with Crippen LogP contribution in [0.4, 0.5) is 0 Å². The van der Waals surface area contributed by atoms with Gasteiger partial charge in [0.25, 0.3) is 0 Å². The Morgan fingerprint density at radius 1 is 1.24 bits per heavy atom. The van der Waals surface area contributed by atoms with Gasteiger partial charge in [0.2, 0.25) is 5.91 Å². The molecule has 0 spiro atoms. The Kier molecular flexibility index (Phi) is 4.67. The summed E-state index contributed by atoms with van der Waals surface area (Å²) in [7, 11) is 3.11. The van der Waals surface area contributed by atoms with Gasteiger partial charge in [0.1, 0.15) is 17.5 Å². The van der Waals surface area contributed by atoms with Crippen molar-refractivity contribution in [2.45, 2.75) is 25.3 Å². The van der Waals surface area contributed by atoms with E-state index in [4.69, 9.17) is 14.2 Å². The van der Waals surface area contributed by atoms with Gasteiger partial charge in [-0.3, -0.25) is 4.79 Å². The first-order valence-corrected chi connectivity index (χ1v) is 6.78. The van der Waals surface area contributed by atoms with E-state index in [-0.39, 0.29) is 24.9 Å². The second kappa shape index (κ2) is 6.47. The number of benzene rings is 1. The first-order valence-electron chi connectivity index (χ1n) is 6.78. The first-order chi connectivity index (χ1) is 10.1. The summed E-state index contributed by atoms with van der Waals surface area (Å²) in [6.07, 6.45) is 0.236. The molecule has 0 saturated carbocycles. The van der Waals surface area contributed by atoms with Crippen molar-refractivity contribution < 1.29 is 23.8 Å². The third kappa shape index (κ3) is 3.26. The van der Waals surface area contributed by atoms with Crippen LogP contribution in [-0.4, -0.2) is 38.7 Å². The van der Waals surface area contributed by atoms with Gasteiger partial charge in [0, 0.05) is 18.4 Å². The van der Waals surface area contributed by atoms with E-state index >= 15 is 0 Å². The highest BCUT2D eigenvalue weighted by Gasteiger charge is 2.39. The third-order valence-electron chi connectivity index (χ3n) is 3.47. The average molecular weight is 293 g/mol. The summed E-state index contributed by atoms with van der Waals surface area (Å²) in [4.78, 5) is 23.7. The maximum Gasteiger partial charge on any atom is 0.329 e. The van der Waals surface area contributed by atoms with Crippen LogP contribution in [0.2, 0.25) is 0 Å². The number of carbonyl (C=O) groups is 2. The molecular weight excluding hydrogens is 274 g/mol. The summed E-state index contributed by atoms with van der Waals surface area (Å²) in [6.45, 7) is 2.01. The number of hydrogen-bond donors (Lipinski definition) is 1. The smallest absolute Gasteiger partial charge is 0.329 e. The van der Waals surface area contributed by atoms with Gasteiger partial charge < -0.3 is 19.5 Å². The van der Waals surface area contributed by atoms with Gasteiger partial charge in [-0.25, -0.2) is 4.79 Å². The van der Waals surface area contributed by atoms with Crippen LogP contribution in [0.3, 0.4) is 0 Å². The molecule has 1 aromatic carbocycles. The quantitative estimate of drug-likeness (QED) is 0.827. The monoisotopic (exact) mass is 293 g/mol. The molecule has 2 unspecified atom stereocenters. The highest BCUT2D eigenvalue weighted by atomic mass is 16.5. The number of carbonyl (C=O) groups excluding carboxylic acids is 2. The Labute approximate surface area is 123 Å². The topological polar surface area (TPSA) is 73.9 Å². The van der Waals surface area contributed by atoms with Crippen molar-refractivity contribution in [1.82, 2.24) is 5.32 Å². The Morgan fingerprint density at radius 2 is 1.86 bits per heavy atom. The molecule has 114 valence electrons. The number of amides is 1. The molecule has 1 aromatic rings. The Bertz CT molecular complexity index is 521. The normalized spacial score (nSPS) is 20.8. The predicted octanol–water partition coefficient (Wildman–Crippen LogP) is 1.24. The van der Waals surface area contributed by atoms with Crippen LogP contribution in [0.1, 0.15) is 24.8 Å². The maximum atomic E-state index is 12.0. The highest BCUT2D eigenvalue weighted by Crippen LogP contribution is 2.34. The lowest BCUT2D eigenvalue weighted by molar-refractivity contribution is -0.146. The summed E-state index contributed by atoms with van der Waals surface area (Å²) in [5, 5.41) is 2.67. The Morgan fingerprint density at radius 3 is 2.38 bits per heavy atom. The van der Waals surface area contributed by atoms with Crippen molar-refractivity contribution in [2.24, 2.45) is 0 Å². The van der Waals surface area contributed by atoms with Gasteiger partial charge in [0.05, 0.1) is 20.8 Å². The lowest BCUT2D eigenvalue weighted by atomic mass is 9.91. The van der Waals surface area contributed by atoms with Crippen LogP contribution in [-0.2, 0) is 14.3 Å². The largest absolute Gasteiger partial charge is 0.497 e. The van der Waals surface area contributed by atoms with Gasteiger partial charge in [-0.05, 0) is 24.6 Å². The third-order valence-corrected chi connectivity index (χ3v) is 3.47. The van der Waals surface area contributed by atoms with E-state index < -0.39 is 12.0 Å². The molecule has 0 aromatic heterocycles. The SMILES string of the molecule is CCOC(=O)C1NC(=O)CC1c1cc(OC)cc(OC)c1. The van der Waals surface area contributed by atoms with Gasteiger partial charge in [-0.15, -0.1) is 0 Å². The fourth-order valence-electron chi connectivity index (χ4n) is 2.46. The lowest BCUT2D eigenvalue weighted by Crippen LogP contribution is -2.37. The molecule has 1 N–H and O–H groups in total. The molecule has 0 aliphatic carbocycles. The van der Waals surface area contributed by atoms with E-state index in [1.165, 1.54) is 0 Å². The minimum absolute atomic E-state index is 0.167. The zero-order valence-corrected chi connectivity index (χ0v) is 12.3. The molecule has 6 nitrogen and oxygen atoms in total. The summed E-state index contributed by atoms with van der Waals surface area (Å²) < 4.78 is 15.5. The number of esters is 1. The molecule has 2 atom stereocenters. The molecule has 6 heteroatoms. The number of methoxy groups -OCH3 is 2. The van der Waals surface area contributed by atoms with Gasteiger partial charge >= 0.3 is 5.97 Å². The fraction of sp³-hybridized carbons (Fsp3) is 0.467. The first kappa shape index (κ1) is 15.2. The zero-order valence-electron chi connectivity index (χ0n) is 12.3. The standard InChI is InChI=1S/C15H19NO5/c1-4-21-15(18)14-12(8-13(17)16-14)9-5-10(19-2)7-11(6-9)20-3/h5-7,12,14H,4,8H2,1-3H3,(H,16,17). The molecule has 2 rings (SSSR count). The van der Waals surface area contributed by atoms with Crippen LogP contribution in [0, 0.1) is 0 Å². The predicted molar refractivity (Wildman–Crippen MR) is 75.5 cm³/mol. The molecular formula is C15H19NO5. The van der Waals surface area contributed by atoms with E-state index in [1.807, 2.05) is 0 Å². The van der Waals surface area contributed by atoms with E-state index in [0.29, 0.717) is 11.5 Å². The van der Waals surface area contributed by atoms with E-state index in [2.05, 4.69) is 5.32 Å². The molecule has 0 radical (unpaired) electrons. The summed E-state index contributed by atoms with van der Waals surface area (Å²) in [5.41, 5.74) is 0.808. The summed E-state index contributed by atoms with van der Waals surface area (Å²) in [6, 6.07) is 4.68. The number of nitrogens with one attached hydrogen (secondary N) is 1. The number of ether oxygens (including phenoxy) is 3. The zero-order chi connectivity index (χ0) is 15.4. The van der Waals surface area contributed by atoms with Gasteiger partial charge in [-0.1, -0.05) is 0 Å². The van der Waals surface area contributed by atoms with Crippen LogP contribution >= 0.6 is 0 Å². The lowest BCUT2D eigenvalue weighted by Gasteiger charge is -2.19. The van der Waals surface area contributed by atoms with E-state index in [9.17, 15) is 9.59 Å². The molecule has 1 saturated heterocycles. The van der Waals surface area contributed by atoms with Crippen molar-refractivity contribution >= 4 is 11.9 Å². The second-order valence-corrected chi connectivity index (χ2v) is 4.75. The van der Waals surface area contributed by atoms with Crippen molar-refractivity contribution in [2.75, 3.05) is 20.8 Å². The molecule has 0 bridgehead atoms. The van der Waals surface area contributed by atoms with Gasteiger partial charge in [0.15, 0.2) is 0 Å². The van der Waals surface area contributed by atoms with Crippen LogP contribution in [0.15, 0.2) is 18.2 Å². The van der Waals surface area contributed by atoms with Crippen LogP contribution in [0.25, 0.3) is 0 Å². The molecule has 1 aliphatic heterocycles. The highest BCUT2D eigenvalue weighted by molar-refractivity contribution is 5.90. The number of rotatable bonds is 5. The average Bonchev–Trinajstić information content (AvgIpc) is 2.89. The summed E-state index contributed by atoms with van der Waals surface area (Å²) in [5.74, 6) is 0.355. The van der Waals surface area contributed by atoms with Crippen molar-refractivity contribution in [3.8, 4) is 11.5 Å². The van der Waals surface area contributed by atoms with Crippen molar-refractivity contribution in [3.05, 3.63) is 23.8 Å². The van der Waals surface area contributed by atoms with Crippen molar-refractivity contribution in [1.29, 1.82) is 0 Å². The van der Waals surface area contributed by atoms with E-state index in [1.54, 1.807) is 39.3 Å². The molecule has 1 fully saturated rings. The molecule has 1 aliphatic rings. The minimum Gasteiger partial charge on any atom is -0.497 e. The van der Waals surface area contributed by atoms with Crippen LogP contribution in [0.5, 0.6) is 11.5 Å². The second-order valence-electron chi connectivity index (χ2n) is 4.75. The Balaban J connectivity index is 2.33. The van der Waals surface area contributed by atoms with Crippen molar-refractivity contribution in [3.63, 3.8) is 0 Å².